The average molecular weight is 497 g/mol. The van der Waals surface area contributed by atoms with Gasteiger partial charge in [0.05, 0.1) is 11.7 Å². The molecule has 0 saturated carbocycles. The Kier molecular flexibility index (Phi) is 6.56. The first-order valence-electron chi connectivity index (χ1n) is 8.98. The summed E-state index contributed by atoms with van der Waals surface area (Å²) in [7, 11) is 0. The van der Waals surface area contributed by atoms with Crippen LogP contribution >= 0.6 is 39.1 Å². The van der Waals surface area contributed by atoms with Gasteiger partial charge in [-0.15, -0.1) is 0 Å². The lowest BCUT2D eigenvalue weighted by Gasteiger charge is -2.26. The summed E-state index contributed by atoms with van der Waals surface area (Å²) in [5.41, 5.74) is 3.12. The molecule has 0 spiro atoms. The van der Waals surface area contributed by atoms with Gasteiger partial charge < -0.3 is 15.0 Å². The number of nitrogens with zero attached hydrogens (tertiary/aromatic N) is 2. The summed E-state index contributed by atoms with van der Waals surface area (Å²) >= 11 is 15.7. The van der Waals surface area contributed by atoms with Crippen molar-refractivity contribution in [3.05, 3.63) is 79.8 Å². The van der Waals surface area contributed by atoms with Crippen LogP contribution in [0.25, 0.3) is 0 Å². The molecule has 0 aliphatic rings. The van der Waals surface area contributed by atoms with E-state index in [9.17, 15) is 9.90 Å². The van der Waals surface area contributed by atoms with E-state index in [4.69, 9.17) is 23.2 Å². The quantitative estimate of drug-likeness (QED) is 0.396. The van der Waals surface area contributed by atoms with E-state index in [0.29, 0.717) is 20.5 Å². The summed E-state index contributed by atoms with van der Waals surface area (Å²) in [6, 6.07) is 12.3. The second-order valence-electron chi connectivity index (χ2n) is 6.97. The number of hydrogen-bond acceptors (Lipinski definition) is 3. The topological polar surface area (TPSA) is 67.2 Å². The maximum Gasteiger partial charge on any atom is 0.356 e. The molecule has 3 rings (SSSR count). The van der Waals surface area contributed by atoms with Gasteiger partial charge in [0, 0.05) is 21.8 Å². The Bertz CT molecular complexity index is 1070. The number of benzene rings is 2. The van der Waals surface area contributed by atoms with Gasteiger partial charge in [-0.05, 0) is 78.2 Å². The number of carboxylic acid groups (broad SMARTS) is 1. The lowest BCUT2D eigenvalue weighted by atomic mass is 9.96. The van der Waals surface area contributed by atoms with Crippen LogP contribution in [0.5, 0.6) is 0 Å². The van der Waals surface area contributed by atoms with Crippen molar-refractivity contribution in [2.24, 2.45) is 0 Å². The van der Waals surface area contributed by atoms with Crippen LogP contribution in [0.4, 0.5) is 5.69 Å². The molecule has 1 unspecified atom stereocenters. The standard InChI is InChI=1S/C21H20BrCl2N3O2/c1-11(2)27-19(18(20(28)29)26-21(27)22)17(16-8-7-14(24)9-12(16)3)25-15-6-4-5-13(23)10-15/h4-11,17,25H,1-3H3,(H,28,29). The van der Waals surface area contributed by atoms with E-state index >= 15 is 0 Å². The largest absolute Gasteiger partial charge is 0.476 e. The molecule has 0 aliphatic carbocycles. The minimum atomic E-state index is -1.09. The first-order chi connectivity index (χ1) is 13.7. The number of aryl methyl sites for hydroxylation is 1. The van der Waals surface area contributed by atoms with Crippen LogP contribution in [-0.4, -0.2) is 20.6 Å². The fraction of sp³-hybridized carbons (Fsp3) is 0.238. The molecule has 8 heteroatoms. The molecule has 5 nitrogen and oxygen atoms in total. The molecule has 1 heterocycles. The number of rotatable bonds is 6. The zero-order chi connectivity index (χ0) is 21.3. The van der Waals surface area contributed by atoms with E-state index in [0.717, 1.165) is 16.8 Å². The van der Waals surface area contributed by atoms with Gasteiger partial charge in [-0.1, -0.05) is 35.3 Å². The Hall–Kier alpha value is -2.02. The summed E-state index contributed by atoms with van der Waals surface area (Å²) in [4.78, 5) is 16.3. The Morgan fingerprint density at radius 2 is 1.86 bits per heavy atom. The van der Waals surface area contributed by atoms with E-state index in [2.05, 4.69) is 26.2 Å². The second-order valence-corrected chi connectivity index (χ2v) is 8.55. The number of carboxylic acids is 1. The molecule has 2 N–H and O–H groups in total. The van der Waals surface area contributed by atoms with E-state index < -0.39 is 12.0 Å². The lowest BCUT2D eigenvalue weighted by molar-refractivity contribution is 0.0689. The van der Waals surface area contributed by atoms with Crippen LogP contribution < -0.4 is 5.32 Å². The summed E-state index contributed by atoms with van der Waals surface area (Å²) in [6.45, 7) is 5.90. The van der Waals surface area contributed by atoms with Crippen LogP contribution in [0.1, 0.15) is 53.2 Å². The summed E-state index contributed by atoms with van der Waals surface area (Å²) < 4.78 is 2.34. The van der Waals surface area contributed by atoms with Crippen LogP contribution in [-0.2, 0) is 0 Å². The predicted molar refractivity (Wildman–Crippen MR) is 120 cm³/mol. The number of anilines is 1. The average Bonchev–Trinajstić information content (AvgIpc) is 2.98. The van der Waals surface area contributed by atoms with Gasteiger partial charge in [0.15, 0.2) is 10.4 Å². The molecule has 29 heavy (non-hydrogen) atoms. The molecule has 0 bridgehead atoms. The van der Waals surface area contributed by atoms with Gasteiger partial charge in [0.1, 0.15) is 0 Å². The van der Waals surface area contributed by atoms with Crippen molar-refractivity contribution >= 4 is 50.8 Å². The van der Waals surface area contributed by atoms with Crippen molar-refractivity contribution in [2.45, 2.75) is 32.9 Å². The highest BCUT2D eigenvalue weighted by Crippen LogP contribution is 2.36. The highest BCUT2D eigenvalue weighted by molar-refractivity contribution is 9.10. The molecule has 1 aromatic heterocycles. The summed E-state index contributed by atoms with van der Waals surface area (Å²) in [5, 5.41) is 14.5. The van der Waals surface area contributed by atoms with Gasteiger partial charge in [0.2, 0.25) is 0 Å². The zero-order valence-corrected chi connectivity index (χ0v) is 19.2. The fourth-order valence-corrected chi connectivity index (χ4v) is 4.54. The number of carbonyl (C=O) groups is 1. The Morgan fingerprint density at radius 1 is 1.17 bits per heavy atom. The van der Waals surface area contributed by atoms with Crippen molar-refractivity contribution in [3.63, 3.8) is 0 Å². The molecule has 0 radical (unpaired) electrons. The lowest BCUT2D eigenvalue weighted by Crippen LogP contribution is -2.21. The molecule has 0 saturated heterocycles. The van der Waals surface area contributed by atoms with Crippen molar-refractivity contribution in [1.82, 2.24) is 9.55 Å². The number of aromatic nitrogens is 2. The predicted octanol–water partition coefficient (Wildman–Crippen LogP) is 6.74. The number of hydrogen-bond donors (Lipinski definition) is 2. The number of halogens is 3. The highest BCUT2D eigenvalue weighted by Gasteiger charge is 2.30. The van der Waals surface area contributed by atoms with E-state index in [1.165, 1.54) is 0 Å². The van der Waals surface area contributed by atoms with Crippen LogP contribution in [0.2, 0.25) is 10.0 Å². The van der Waals surface area contributed by atoms with Gasteiger partial charge in [0.25, 0.3) is 0 Å². The monoisotopic (exact) mass is 495 g/mol. The van der Waals surface area contributed by atoms with E-state index in [1.54, 1.807) is 18.2 Å². The van der Waals surface area contributed by atoms with Crippen molar-refractivity contribution in [3.8, 4) is 0 Å². The summed E-state index contributed by atoms with van der Waals surface area (Å²) in [5.74, 6) is -1.09. The molecular formula is C21H20BrCl2N3O2. The molecule has 0 amide bonds. The number of aromatic carboxylic acids is 1. The van der Waals surface area contributed by atoms with Crippen molar-refractivity contribution in [2.75, 3.05) is 5.32 Å². The third-order valence-corrected chi connectivity index (χ3v) is 5.61. The minimum Gasteiger partial charge on any atom is -0.476 e. The van der Waals surface area contributed by atoms with Gasteiger partial charge in [-0.25, -0.2) is 9.78 Å². The Balaban J connectivity index is 2.27. The zero-order valence-electron chi connectivity index (χ0n) is 16.1. The molecular weight excluding hydrogens is 477 g/mol. The fourth-order valence-electron chi connectivity index (χ4n) is 3.34. The van der Waals surface area contributed by atoms with Crippen LogP contribution in [0.15, 0.2) is 47.2 Å². The molecule has 0 aliphatic heterocycles. The summed E-state index contributed by atoms with van der Waals surface area (Å²) in [6.07, 6.45) is 0. The van der Waals surface area contributed by atoms with E-state index in [-0.39, 0.29) is 11.7 Å². The molecule has 1 atom stereocenters. The van der Waals surface area contributed by atoms with Gasteiger partial charge in [-0.3, -0.25) is 0 Å². The maximum atomic E-state index is 12.0. The highest BCUT2D eigenvalue weighted by atomic mass is 79.9. The minimum absolute atomic E-state index is 0.0144. The smallest absolute Gasteiger partial charge is 0.356 e. The van der Waals surface area contributed by atoms with E-state index in [1.807, 2.05) is 49.6 Å². The van der Waals surface area contributed by atoms with Gasteiger partial charge in [-0.2, -0.15) is 0 Å². The first-order valence-corrected chi connectivity index (χ1v) is 10.5. The SMILES string of the molecule is Cc1cc(Cl)ccc1C(Nc1cccc(Cl)c1)c1c(C(=O)O)nc(Br)n1C(C)C. The van der Waals surface area contributed by atoms with Crippen LogP contribution in [0, 0.1) is 6.92 Å². The first kappa shape index (κ1) is 21.7. The molecule has 0 fully saturated rings. The number of imidazole rings is 1. The third-order valence-electron chi connectivity index (χ3n) is 4.58. The second kappa shape index (κ2) is 8.78. The van der Waals surface area contributed by atoms with Crippen molar-refractivity contribution < 1.29 is 9.90 Å². The molecule has 3 aromatic rings. The Labute approximate surface area is 187 Å². The Morgan fingerprint density at radius 3 is 2.45 bits per heavy atom. The van der Waals surface area contributed by atoms with Crippen LogP contribution in [0.3, 0.4) is 0 Å². The van der Waals surface area contributed by atoms with Crippen molar-refractivity contribution in [1.29, 1.82) is 0 Å². The molecule has 2 aromatic carbocycles. The third kappa shape index (κ3) is 4.60. The molecule has 152 valence electrons. The number of nitrogens with one attached hydrogen (secondary N) is 1. The normalized spacial score (nSPS) is 12.2. The maximum absolute atomic E-state index is 12.0. The van der Waals surface area contributed by atoms with Gasteiger partial charge >= 0.3 is 5.97 Å².